The molecule has 0 spiro atoms. The lowest BCUT2D eigenvalue weighted by Gasteiger charge is -2.45. The number of nitrogens with zero attached hydrogens (tertiary/aromatic N) is 7. The van der Waals surface area contributed by atoms with Crippen molar-refractivity contribution in [1.82, 2.24) is 29.8 Å². The Morgan fingerprint density at radius 3 is 1.70 bits per heavy atom. The van der Waals surface area contributed by atoms with E-state index in [1.54, 1.807) is 60.7 Å². The standard InChI is InChI=1S/C49H49Cl2F2N9O2.2ClH/c1-3-63-43-25-30(26-44(45(43)54)64-4-2)29-60-21-17-33(18-22-60)62(59-48-55-41-15-13-31(50)27-37(41)46(57-48)35-9-5-7-11-39(35)52)34-19-23-61(24-20-34)49-56-42-16-14-32(51)28-38(42)47(58-49)36-10-6-8-12-40(36)53;;/h5-16,25-28,33-34H,3-4,17-24,29,54H2,1-2H3,(H,55,57,59);2*1H. The van der Waals surface area contributed by atoms with Gasteiger partial charge in [0, 0.05) is 76.8 Å². The van der Waals surface area contributed by atoms with Crippen molar-refractivity contribution < 1.29 is 18.3 Å². The van der Waals surface area contributed by atoms with Gasteiger partial charge in [0.25, 0.3) is 0 Å². The summed E-state index contributed by atoms with van der Waals surface area (Å²) in [6, 6.07) is 28.3. The predicted octanol–water partition coefficient (Wildman–Crippen LogP) is 11.7. The van der Waals surface area contributed by atoms with Gasteiger partial charge in [0.2, 0.25) is 11.9 Å². The third-order valence-electron chi connectivity index (χ3n) is 12.1. The molecule has 66 heavy (non-hydrogen) atoms. The van der Waals surface area contributed by atoms with Crippen molar-refractivity contribution in [1.29, 1.82) is 0 Å². The summed E-state index contributed by atoms with van der Waals surface area (Å²) in [6.07, 6.45) is 3.26. The monoisotopic (exact) mass is 975 g/mol. The van der Waals surface area contributed by atoms with Crippen LogP contribution in [0.2, 0.25) is 10.0 Å². The number of nitrogens with two attached hydrogens (primary N) is 1. The zero-order valence-corrected chi connectivity index (χ0v) is 39.7. The number of nitrogen functional groups attached to an aromatic ring is 1. The molecule has 0 unspecified atom stereocenters. The molecule has 0 aliphatic carbocycles. The van der Waals surface area contributed by atoms with E-state index >= 15 is 8.78 Å². The first-order chi connectivity index (χ1) is 31.1. The number of hydrogen-bond donors (Lipinski definition) is 2. The van der Waals surface area contributed by atoms with Gasteiger partial charge in [0.1, 0.15) is 28.8 Å². The minimum atomic E-state index is -0.384. The minimum absolute atomic E-state index is 0. The van der Waals surface area contributed by atoms with Crippen molar-refractivity contribution in [3.05, 3.63) is 124 Å². The summed E-state index contributed by atoms with van der Waals surface area (Å²) in [5.74, 6) is 1.43. The van der Waals surface area contributed by atoms with Crippen LogP contribution < -0.4 is 25.5 Å². The van der Waals surface area contributed by atoms with E-state index in [0.29, 0.717) is 116 Å². The lowest BCUT2D eigenvalue weighted by molar-refractivity contribution is 0.0808. The Labute approximate surface area is 405 Å². The number of fused-ring (bicyclic) bond motifs is 2. The fourth-order valence-electron chi connectivity index (χ4n) is 8.95. The lowest BCUT2D eigenvalue weighted by Crippen LogP contribution is -2.55. The zero-order valence-electron chi connectivity index (χ0n) is 36.5. The molecule has 2 aliphatic heterocycles. The van der Waals surface area contributed by atoms with Gasteiger partial charge in [-0.1, -0.05) is 47.5 Å². The third-order valence-corrected chi connectivity index (χ3v) is 12.5. The van der Waals surface area contributed by atoms with E-state index in [0.717, 1.165) is 44.3 Å². The van der Waals surface area contributed by atoms with E-state index in [-0.39, 0.29) is 48.5 Å². The number of nitrogens with one attached hydrogen (secondary N) is 1. The van der Waals surface area contributed by atoms with E-state index in [2.05, 4.69) is 20.2 Å². The number of anilines is 3. The Morgan fingerprint density at radius 1 is 0.667 bits per heavy atom. The van der Waals surface area contributed by atoms with Gasteiger partial charge in [-0.05, 0) is 118 Å². The highest BCUT2D eigenvalue weighted by atomic mass is 35.5. The first-order valence-corrected chi connectivity index (χ1v) is 22.6. The molecule has 0 atom stereocenters. The van der Waals surface area contributed by atoms with E-state index in [1.165, 1.54) is 12.1 Å². The highest BCUT2D eigenvalue weighted by Crippen LogP contribution is 2.37. The van der Waals surface area contributed by atoms with Crippen molar-refractivity contribution in [2.75, 3.05) is 55.5 Å². The Balaban J connectivity index is 0.00000324. The fourth-order valence-corrected chi connectivity index (χ4v) is 9.29. The SMILES string of the molecule is CCOc1cc(CN2CCC(N(Nc3nc(-c4ccccc4F)c4cc(Cl)ccc4n3)C3CCN(c4nc(-c5ccccc5F)c5cc(Cl)ccc5n4)CC3)CC2)cc(OCC)c1N.Cl.Cl. The molecule has 2 aromatic heterocycles. The number of hydrogen-bond acceptors (Lipinski definition) is 11. The van der Waals surface area contributed by atoms with Crippen molar-refractivity contribution in [3.63, 3.8) is 0 Å². The maximum absolute atomic E-state index is 15.4. The molecule has 3 N–H and O–H groups in total. The summed E-state index contributed by atoms with van der Waals surface area (Å²) < 4.78 is 42.5. The number of halogens is 6. The predicted molar refractivity (Wildman–Crippen MR) is 267 cm³/mol. The first-order valence-electron chi connectivity index (χ1n) is 21.8. The zero-order chi connectivity index (χ0) is 44.3. The molecule has 11 nitrogen and oxygen atoms in total. The largest absolute Gasteiger partial charge is 0.492 e. The molecule has 0 bridgehead atoms. The van der Waals surface area contributed by atoms with Crippen LogP contribution in [0.5, 0.6) is 11.5 Å². The van der Waals surface area contributed by atoms with Crippen molar-refractivity contribution in [3.8, 4) is 34.0 Å². The van der Waals surface area contributed by atoms with Crippen LogP contribution in [0.25, 0.3) is 44.3 Å². The molecule has 346 valence electrons. The third kappa shape index (κ3) is 10.5. The normalized spacial score (nSPS) is 14.9. The van der Waals surface area contributed by atoms with Gasteiger partial charge in [-0.25, -0.2) is 33.7 Å². The Morgan fingerprint density at radius 2 is 1.17 bits per heavy atom. The van der Waals surface area contributed by atoms with Gasteiger partial charge in [-0.3, -0.25) is 10.3 Å². The molecule has 2 saturated heterocycles. The van der Waals surface area contributed by atoms with Gasteiger partial charge in [-0.2, -0.15) is 0 Å². The molecule has 7 aromatic rings. The molecule has 2 aliphatic rings. The molecule has 0 saturated carbocycles. The Bertz CT molecular complexity index is 2780. The summed E-state index contributed by atoms with van der Waals surface area (Å²) in [7, 11) is 0. The summed E-state index contributed by atoms with van der Waals surface area (Å²) in [6.45, 7) is 8.58. The number of ether oxygens (including phenoxy) is 2. The lowest BCUT2D eigenvalue weighted by atomic mass is 9.98. The summed E-state index contributed by atoms with van der Waals surface area (Å²) in [5, 5.41) is 4.71. The molecule has 2 fully saturated rings. The van der Waals surface area contributed by atoms with Crippen LogP contribution in [-0.2, 0) is 6.54 Å². The van der Waals surface area contributed by atoms with Crippen LogP contribution in [0.1, 0.15) is 45.1 Å². The fraction of sp³-hybridized carbons (Fsp3) is 0.306. The van der Waals surface area contributed by atoms with Crippen LogP contribution in [0.4, 0.5) is 26.4 Å². The van der Waals surface area contributed by atoms with Gasteiger partial charge in [0.15, 0.2) is 0 Å². The van der Waals surface area contributed by atoms with E-state index < -0.39 is 0 Å². The maximum atomic E-state index is 15.4. The quantitative estimate of drug-likeness (QED) is 0.0849. The molecule has 9 rings (SSSR count). The van der Waals surface area contributed by atoms with Crippen LogP contribution in [0.3, 0.4) is 0 Å². The van der Waals surface area contributed by atoms with Gasteiger partial charge >= 0.3 is 0 Å². The Kier molecular flexibility index (Phi) is 15.9. The van der Waals surface area contributed by atoms with Crippen molar-refractivity contribution >= 4 is 87.4 Å². The smallest absolute Gasteiger partial charge is 0.238 e. The maximum Gasteiger partial charge on any atom is 0.238 e. The topological polar surface area (TPSA) is 118 Å². The van der Waals surface area contributed by atoms with E-state index in [4.69, 9.17) is 58.3 Å². The second-order valence-corrected chi connectivity index (χ2v) is 17.0. The number of benzene rings is 5. The van der Waals surface area contributed by atoms with Gasteiger partial charge in [0.05, 0.1) is 35.6 Å². The van der Waals surface area contributed by atoms with E-state index in [9.17, 15) is 0 Å². The van der Waals surface area contributed by atoms with Crippen LogP contribution in [0.15, 0.2) is 97.1 Å². The summed E-state index contributed by atoms with van der Waals surface area (Å²) in [4.78, 5) is 24.5. The molecular formula is C49H51Cl4F2N9O2. The van der Waals surface area contributed by atoms with Crippen LogP contribution in [-0.4, -0.2) is 81.3 Å². The highest BCUT2D eigenvalue weighted by molar-refractivity contribution is 6.31. The molecule has 4 heterocycles. The summed E-state index contributed by atoms with van der Waals surface area (Å²) in [5.41, 5.74) is 14.7. The highest BCUT2D eigenvalue weighted by Gasteiger charge is 2.34. The second kappa shape index (κ2) is 21.6. The van der Waals surface area contributed by atoms with E-state index in [1.807, 2.05) is 38.1 Å². The molecular weight excluding hydrogens is 926 g/mol. The molecule has 5 aromatic carbocycles. The van der Waals surface area contributed by atoms with Crippen LogP contribution in [0, 0.1) is 11.6 Å². The van der Waals surface area contributed by atoms with Crippen molar-refractivity contribution in [2.45, 2.75) is 58.2 Å². The number of piperidine rings is 2. The minimum Gasteiger partial charge on any atom is -0.492 e. The number of likely N-dealkylation sites (tertiary alicyclic amines) is 1. The number of hydrazine groups is 1. The summed E-state index contributed by atoms with van der Waals surface area (Å²) >= 11 is 12.9. The van der Waals surface area contributed by atoms with Crippen LogP contribution >= 0.6 is 48.0 Å². The Hall–Kier alpha value is -5.28. The second-order valence-electron chi connectivity index (χ2n) is 16.2. The molecule has 17 heteroatoms. The van der Waals surface area contributed by atoms with Gasteiger partial charge < -0.3 is 20.1 Å². The molecule has 0 radical (unpaired) electrons. The first kappa shape index (κ1) is 48.6. The average Bonchev–Trinajstić information content (AvgIpc) is 3.30. The van der Waals surface area contributed by atoms with Gasteiger partial charge in [-0.15, -0.1) is 24.8 Å². The number of aromatic nitrogens is 4. The van der Waals surface area contributed by atoms with Crippen molar-refractivity contribution in [2.24, 2.45) is 0 Å². The average molecular weight is 978 g/mol. The molecule has 0 amide bonds. The number of rotatable bonds is 13.